The van der Waals surface area contributed by atoms with E-state index in [9.17, 15) is 15.0 Å². The normalized spacial score (nSPS) is 45.6. The van der Waals surface area contributed by atoms with E-state index in [4.69, 9.17) is 0 Å². The van der Waals surface area contributed by atoms with E-state index < -0.39 is 12.2 Å². The molecule has 0 aromatic carbocycles. The summed E-state index contributed by atoms with van der Waals surface area (Å²) in [6.07, 6.45) is 1.01. The molecular weight excluding hydrogens is 182 g/mol. The van der Waals surface area contributed by atoms with Gasteiger partial charge in [-0.3, -0.25) is 9.69 Å². The van der Waals surface area contributed by atoms with Crippen molar-refractivity contribution in [1.29, 1.82) is 0 Å². The number of hydrogen-bond donors (Lipinski definition) is 2. The number of aliphatic hydroxyl groups excluding tert-OH is 2. The molecule has 2 N–H and O–H groups in total. The summed E-state index contributed by atoms with van der Waals surface area (Å²) in [4.78, 5) is 13.8. The number of piperidine rings is 1. The molecule has 1 spiro atoms. The van der Waals surface area contributed by atoms with E-state index in [0.29, 0.717) is 25.3 Å². The average molecular weight is 197 g/mol. The van der Waals surface area contributed by atoms with Crippen molar-refractivity contribution >= 4 is 5.78 Å². The zero-order valence-electron chi connectivity index (χ0n) is 8.02. The fourth-order valence-corrected chi connectivity index (χ4v) is 3.16. The maximum atomic E-state index is 11.8. The Morgan fingerprint density at radius 3 is 2.71 bits per heavy atom. The van der Waals surface area contributed by atoms with Crippen LogP contribution in [0.3, 0.4) is 0 Å². The predicted molar refractivity (Wildman–Crippen MR) is 48.7 cm³/mol. The third-order valence-corrected chi connectivity index (χ3v) is 4.07. The molecule has 1 unspecified atom stereocenters. The molecule has 4 heteroatoms. The van der Waals surface area contributed by atoms with Gasteiger partial charge in [-0.05, 0) is 12.8 Å². The van der Waals surface area contributed by atoms with Gasteiger partial charge in [0.25, 0.3) is 0 Å². The van der Waals surface area contributed by atoms with Crippen LogP contribution in [0.15, 0.2) is 0 Å². The molecule has 3 atom stereocenters. The van der Waals surface area contributed by atoms with E-state index >= 15 is 0 Å². The van der Waals surface area contributed by atoms with Crippen molar-refractivity contribution in [3.63, 3.8) is 0 Å². The first-order valence-electron chi connectivity index (χ1n) is 5.29. The van der Waals surface area contributed by atoms with E-state index in [2.05, 4.69) is 4.90 Å². The first-order valence-corrected chi connectivity index (χ1v) is 5.29. The lowest BCUT2D eigenvalue weighted by atomic mass is 9.83. The van der Waals surface area contributed by atoms with Crippen LogP contribution in [0.2, 0.25) is 0 Å². The van der Waals surface area contributed by atoms with Crippen molar-refractivity contribution in [2.45, 2.75) is 37.5 Å². The lowest BCUT2D eigenvalue weighted by molar-refractivity contribution is -0.132. The van der Waals surface area contributed by atoms with Gasteiger partial charge in [0, 0.05) is 24.9 Å². The number of nitrogens with zero attached hydrogens (tertiary/aromatic N) is 1. The highest BCUT2D eigenvalue weighted by molar-refractivity contribution is 5.89. The van der Waals surface area contributed by atoms with Gasteiger partial charge < -0.3 is 10.2 Å². The van der Waals surface area contributed by atoms with Gasteiger partial charge in [0.2, 0.25) is 0 Å². The Labute approximate surface area is 82.5 Å². The Balaban J connectivity index is 1.94. The Morgan fingerprint density at radius 1 is 1.36 bits per heavy atom. The predicted octanol–water partition coefficient (Wildman–Crippen LogP) is -0.855. The first-order chi connectivity index (χ1) is 6.65. The summed E-state index contributed by atoms with van der Waals surface area (Å²) in [5, 5.41) is 19.4. The summed E-state index contributed by atoms with van der Waals surface area (Å²) in [6, 6.07) is -0.0984. The van der Waals surface area contributed by atoms with Gasteiger partial charge in [-0.1, -0.05) is 0 Å². The SMILES string of the molecule is O=C1CCN2C[C@@H](O)[C@H](O)C2C12CC2. The van der Waals surface area contributed by atoms with Crippen LogP contribution < -0.4 is 0 Å². The van der Waals surface area contributed by atoms with Crippen molar-refractivity contribution < 1.29 is 15.0 Å². The maximum absolute atomic E-state index is 11.8. The molecule has 2 aliphatic heterocycles. The summed E-state index contributed by atoms with van der Waals surface area (Å²) in [5.41, 5.74) is -0.283. The summed E-state index contributed by atoms with van der Waals surface area (Å²) in [7, 11) is 0. The molecule has 0 aromatic heterocycles. The fourth-order valence-electron chi connectivity index (χ4n) is 3.16. The van der Waals surface area contributed by atoms with E-state index in [-0.39, 0.29) is 11.5 Å². The van der Waals surface area contributed by atoms with E-state index in [1.165, 1.54) is 0 Å². The molecule has 3 fully saturated rings. The number of rotatable bonds is 0. The summed E-state index contributed by atoms with van der Waals surface area (Å²) >= 11 is 0. The number of carbonyl (C=O) groups excluding carboxylic acids is 1. The van der Waals surface area contributed by atoms with Gasteiger partial charge in [-0.15, -0.1) is 0 Å². The molecule has 0 radical (unpaired) electrons. The standard InChI is InChI=1S/C10H15NO3/c12-6-5-11-4-1-7(13)10(2-3-10)9(11)8(6)14/h6,8-9,12,14H,1-5H2/t6-,8+,9?/m1/s1. The molecule has 2 heterocycles. The van der Waals surface area contributed by atoms with Crippen molar-refractivity contribution in [2.75, 3.05) is 13.1 Å². The lowest BCUT2D eigenvalue weighted by Crippen LogP contribution is -2.51. The van der Waals surface area contributed by atoms with E-state index in [0.717, 1.165) is 12.8 Å². The van der Waals surface area contributed by atoms with Crippen LogP contribution in [0.5, 0.6) is 0 Å². The fraction of sp³-hybridized carbons (Fsp3) is 0.900. The highest BCUT2D eigenvalue weighted by Gasteiger charge is 2.63. The smallest absolute Gasteiger partial charge is 0.141 e. The molecule has 3 aliphatic rings. The van der Waals surface area contributed by atoms with E-state index in [1.54, 1.807) is 0 Å². The molecular formula is C10H15NO3. The van der Waals surface area contributed by atoms with Gasteiger partial charge in [0.15, 0.2) is 0 Å². The number of hydrogen-bond acceptors (Lipinski definition) is 4. The van der Waals surface area contributed by atoms with Crippen LogP contribution >= 0.6 is 0 Å². The zero-order valence-corrected chi connectivity index (χ0v) is 8.02. The van der Waals surface area contributed by atoms with E-state index in [1.807, 2.05) is 0 Å². The minimum Gasteiger partial charge on any atom is -0.389 e. The minimum absolute atomic E-state index is 0.0984. The van der Waals surface area contributed by atoms with Crippen LogP contribution in [0.25, 0.3) is 0 Å². The van der Waals surface area contributed by atoms with Crippen molar-refractivity contribution in [3.8, 4) is 0 Å². The third kappa shape index (κ3) is 0.912. The highest BCUT2D eigenvalue weighted by atomic mass is 16.3. The molecule has 1 saturated carbocycles. The summed E-state index contributed by atoms with van der Waals surface area (Å²) in [6.45, 7) is 1.24. The summed E-state index contributed by atoms with van der Waals surface area (Å²) < 4.78 is 0. The molecule has 0 bridgehead atoms. The maximum Gasteiger partial charge on any atom is 0.141 e. The number of Topliss-reactive ketones (excluding diaryl/α,β-unsaturated/α-hetero) is 1. The molecule has 78 valence electrons. The minimum atomic E-state index is -0.721. The van der Waals surface area contributed by atoms with Crippen LogP contribution in [-0.2, 0) is 4.79 Å². The first kappa shape index (κ1) is 8.83. The largest absolute Gasteiger partial charge is 0.389 e. The number of fused-ring (bicyclic) bond motifs is 2. The van der Waals surface area contributed by atoms with Gasteiger partial charge in [-0.25, -0.2) is 0 Å². The number of aliphatic hydroxyl groups is 2. The van der Waals surface area contributed by atoms with Gasteiger partial charge in [0.1, 0.15) is 5.78 Å². The van der Waals surface area contributed by atoms with Crippen LogP contribution in [0.1, 0.15) is 19.3 Å². The molecule has 2 saturated heterocycles. The average Bonchev–Trinajstić information content (AvgIpc) is 2.87. The van der Waals surface area contributed by atoms with Crippen molar-refractivity contribution in [1.82, 2.24) is 4.90 Å². The number of ketones is 1. The molecule has 0 amide bonds. The Hall–Kier alpha value is -0.450. The van der Waals surface area contributed by atoms with Gasteiger partial charge in [0.05, 0.1) is 18.2 Å². The van der Waals surface area contributed by atoms with Crippen molar-refractivity contribution in [3.05, 3.63) is 0 Å². The quantitative estimate of drug-likeness (QED) is 0.531. The third-order valence-electron chi connectivity index (χ3n) is 4.07. The lowest BCUT2D eigenvalue weighted by Gasteiger charge is -2.36. The second-order valence-electron chi connectivity index (χ2n) is 4.83. The van der Waals surface area contributed by atoms with Gasteiger partial charge >= 0.3 is 0 Å². The van der Waals surface area contributed by atoms with Gasteiger partial charge in [-0.2, -0.15) is 0 Å². The topological polar surface area (TPSA) is 60.8 Å². The molecule has 4 nitrogen and oxygen atoms in total. The Kier molecular flexibility index (Phi) is 1.62. The second-order valence-corrected chi connectivity index (χ2v) is 4.83. The molecule has 1 aliphatic carbocycles. The Morgan fingerprint density at radius 2 is 2.07 bits per heavy atom. The Bertz CT molecular complexity index is 287. The van der Waals surface area contributed by atoms with Crippen molar-refractivity contribution in [2.24, 2.45) is 5.41 Å². The monoisotopic (exact) mass is 197 g/mol. The molecule has 14 heavy (non-hydrogen) atoms. The molecule has 3 rings (SSSR count). The second kappa shape index (κ2) is 2.56. The number of carbonyl (C=O) groups is 1. The zero-order chi connectivity index (χ0) is 9.92. The van der Waals surface area contributed by atoms with Crippen LogP contribution in [0.4, 0.5) is 0 Å². The summed E-state index contributed by atoms with van der Waals surface area (Å²) in [5.74, 6) is 0.298. The van der Waals surface area contributed by atoms with Crippen LogP contribution in [0, 0.1) is 5.41 Å². The highest BCUT2D eigenvalue weighted by Crippen LogP contribution is 2.56. The molecule has 0 aromatic rings. The van der Waals surface area contributed by atoms with Crippen LogP contribution in [-0.4, -0.2) is 52.2 Å².